The van der Waals surface area contributed by atoms with Crippen molar-refractivity contribution in [2.75, 3.05) is 40.8 Å². The molecule has 4 rings (SSSR count). The number of benzene rings is 3. The normalized spacial score (nSPS) is 16.4. The molecule has 1 heterocycles. The molecule has 3 aromatic carbocycles. The zero-order chi connectivity index (χ0) is 28.9. The number of halogens is 1. The molecule has 1 aliphatic heterocycles. The van der Waals surface area contributed by atoms with Gasteiger partial charge in [-0.1, -0.05) is 0 Å². The van der Waals surface area contributed by atoms with Gasteiger partial charge in [0.1, 0.15) is 46.7 Å². The summed E-state index contributed by atoms with van der Waals surface area (Å²) in [5.41, 5.74) is 7.07. The number of rotatable bonds is 10. The Bertz CT molecular complexity index is 1370. The second kappa shape index (κ2) is 12.2. The Balaban J connectivity index is 1.84. The second-order valence-electron chi connectivity index (χ2n) is 9.36. The van der Waals surface area contributed by atoms with E-state index in [-0.39, 0.29) is 30.4 Å². The highest BCUT2D eigenvalue weighted by Crippen LogP contribution is 2.37. The summed E-state index contributed by atoms with van der Waals surface area (Å²) < 4.78 is 43.1. The van der Waals surface area contributed by atoms with Crippen LogP contribution in [0.25, 0.3) is 0 Å². The number of nitrogens with zero attached hydrogens (tertiary/aromatic N) is 2. The number of hydrogen-bond donors (Lipinski definition) is 2. The molecule has 212 valence electrons. The fourth-order valence-corrected chi connectivity index (χ4v) is 4.56. The number of anilines is 1. The summed E-state index contributed by atoms with van der Waals surface area (Å²) in [4.78, 5) is 6.72. The number of nitrogens with two attached hydrogens (primary N) is 1. The number of ether oxygens (including phenoxy) is 5. The number of nitrogen functional groups attached to an aromatic ring is 1. The van der Waals surface area contributed by atoms with E-state index < -0.39 is 18.0 Å². The highest BCUT2D eigenvalue weighted by molar-refractivity contribution is 5.77. The van der Waals surface area contributed by atoms with E-state index in [0.29, 0.717) is 28.7 Å². The van der Waals surface area contributed by atoms with Gasteiger partial charge in [-0.05, 0) is 55.5 Å². The summed E-state index contributed by atoms with van der Waals surface area (Å²) in [5, 5.41) is 10.1. The first kappa shape index (κ1) is 28.6. The first-order valence-electron chi connectivity index (χ1n) is 12.6. The molecule has 3 aromatic rings. The molecule has 0 amide bonds. The molecule has 10 heteroatoms. The van der Waals surface area contributed by atoms with Crippen LogP contribution < -0.4 is 24.7 Å². The van der Waals surface area contributed by atoms with Gasteiger partial charge in [-0.2, -0.15) is 0 Å². The fraction of sp³-hybridized carbons (Fsp3) is 0.300. The average molecular weight is 552 g/mol. The number of aliphatic hydroxyl groups is 1. The highest BCUT2D eigenvalue weighted by atomic mass is 19.1. The zero-order valence-corrected chi connectivity index (χ0v) is 23.2. The van der Waals surface area contributed by atoms with Crippen LogP contribution in [0.4, 0.5) is 10.1 Å². The number of hydrogen-bond acceptors (Lipinski definition) is 9. The van der Waals surface area contributed by atoms with Crippen LogP contribution in [0.2, 0.25) is 0 Å². The summed E-state index contributed by atoms with van der Waals surface area (Å²) in [6.07, 6.45) is 1.59. The molecule has 0 radical (unpaired) electrons. The van der Waals surface area contributed by atoms with Crippen molar-refractivity contribution in [1.29, 1.82) is 0 Å². The van der Waals surface area contributed by atoms with Gasteiger partial charge in [0.25, 0.3) is 6.02 Å². The van der Waals surface area contributed by atoms with Crippen molar-refractivity contribution < 1.29 is 33.2 Å². The lowest BCUT2D eigenvalue weighted by Gasteiger charge is -2.34. The van der Waals surface area contributed by atoms with Crippen LogP contribution in [0, 0.1) is 5.82 Å². The lowest BCUT2D eigenvalue weighted by molar-refractivity contribution is 0.203. The third-order valence-electron chi connectivity index (χ3n) is 6.67. The van der Waals surface area contributed by atoms with Crippen molar-refractivity contribution in [3.63, 3.8) is 0 Å². The van der Waals surface area contributed by atoms with Crippen LogP contribution in [-0.2, 0) is 23.4 Å². The Labute approximate surface area is 233 Å². The van der Waals surface area contributed by atoms with E-state index in [1.54, 1.807) is 53.6 Å². The minimum Gasteiger partial charge on any atom is -0.497 e. The third kappa shape index (κ3) is 6.07. The molecule has 40 heavy (non-hydrogen) atoms. The van der Waals surface area contributed by atoms with Gasteiger partial charge in [-0.3, -0.25) is 0 Å². The van der Waals surface area contributed by atoms with Crippen molar-refractivity contribution >= 4 is 11.7 Å². The largest absolute Gasteiger partial charge is 0.497 e. The highest BCUT2D eigenvalue weighted by Gasteiger charge is 2.35. The van der Waals surface area contributed by atoms with Crippen molar-refractivity contribution in [3.05, 3.63) is 88.9 Å². The SMILES string of the molecule is COc1ccc(CN(Cc2ccc(OC)cc2OC)C2=N[C@](C)(c3cc(N)ccc3F)C=C(CO)O2)c(OC)c1. The van der Waals surface area contributed by atoms with Crippen molar-refractivity contribution in [2.24, 2.45) is 4.99 Å². The first-order chi connectivity index (χ1) is 19.2. The van der Waals surface area contributed by atoms with Crippen LogP contribution in [0.15, 0.2) is 71.4 Å². The number of aliphatic hydroxyl groups excluding tert-OH is 1. The molecule has 0 aliphatic carbocycles. The molecule has 9 nitrogen and oxygen atoms in total. The Morgan fingerprint density at radius 1 is 0.875 bits per heavy atom. The van der Waals surface area contributed by atoms with E-state index in [4.69, 9.17) is 34.4 Å². The van der Waals surface area contributed by atoms with Gasteiger partial charge in [0, 0.05) is 34.5 Å². The molecule has 3 N–H and O–H groups in total. The predicted molar refractivity (Wildman–Crippen MR) is 150 cm³/mol. The van der Waals surface area contributed by atoms with E-state index in [2.05, 4.69) is 0 Å². The quantitative estimate of drug-likeness (QED) is 0.352. The van der Waals surface area contributed by atoms with Crippen molar-refractivity contribution in [2.45, 2.75) is 25.6 Å². The topological polar surface area (TPSA) is 108 Å². The van der Waals surface area contributed by atoms with Gasteiger partial charge in [0.05, 0.1) is 41.5 Å². The van der Waals surface area contributed by atoms with E-state index in [0.717, 1.165) is 11.1 Å². The first-order valence-corrected chi connectivity index (χ1v) is 12.6. The molecule has 0 fully saturated rings. The molecular formula is C30H34FN3O6. The zero-order valence-electron chi connectivity index (χ0n) is 23.2. The summed E-state index contributed by atoms with van der Waals surface area (Å²) in [5.74, 6) is 2.24. The Morgan fingerprint density at radius 2 is 1.45 bits per heavy atom. The molecule has 0 spiro atoms. The Hall–Kier alpha value is -4.44. The maximum atomic E-state index is 15.1. The maximum absolute atomic E-state index is 15.1. The fourth-order valence-electron chi connectivity index (χ4n) is 4.56. The van der Waals surface area contributed by atoms with Crippen LogP contribution in [0.1, 0.15) is 23.6 Å². The van der Waals surface area contributed by atoms with Crippen molar-refractivity contribution in [3.8, 4) is 23.0 Å². The lowest BCUT2D eigenvalue weighted by atomic mass is 9.90. The van der Waals surface area contributed by atoms with Gasteiger partial charge >= 0.3 is 0 Å². The minimum atomic E-state index is -1.21. The number of amidine groups is 1. The maximum Gasteiger partial charge on any atom is 0.294 e. The van der Waals surface area contributed by atoms with E-state index >= 15 is 4.39 Å². The summed E-state index contributed by atoms with van der Waals surface area (Å²) in [6, 6.07) is 15.5. The third-order valence-corrected chi connectivity index (χ3v) is 6.67. The van der Waals surface area contributed by atoms with Gasteiger partial charge in [0.2, 0.25) is 0 Å². The van der Waals surface area contributed by atoms with Crippen molar-refractivity contribution in [1.82, 2.24) is 4.90 Å². The van der Waals surface area contributed by atoms with Crippen LogP contribution in [0.3, 0.4) is 0 Å². The van der Waals surface area contributed by atoms with Crippen LogP contribution in [-0.4, -0.2) is 51.1 Å². The Morgan fingerprint density at radius 3 is 1.95 bits per heavy atom. The van der Waals surface area contributed by atoms with Gasteiger partial charge in [-0.15, -0.1) is 0 Å². The molecule has 0 saturated heterocycles. The van der Waals surface area contributed by atoms with E-state index in [1.165, 1.54) is 18.2 Å². The van der Waals surface area contributed by atoms with Crippen LogP contribution in [0.5, 0.6) is 23.0 Å². The monoisotopic (exact) mass is 551 g/mol. The summed E-state index contributed by atoms with van der Waals surface area (Å²) in [7, 11) is 6.33. The molecule has 1 aliphatic rings. The molecule has 0 unspecified atom stereocenters. The molecule has 0 bridgehead atoms. The summed E-state index contributed by atoms with van der Waals surface area (Å²) in [6.45, 7) is 1.90. The molecule has 0 aromatic heterocycles. The van der Waals surface area contributed by atoms with Gasteiger partial charge in [-0.25, -0.2) is 9.38 Å². The summed E-state index contributed by atoms with van der Waals surface area (Å²) >= 11 is 0. The standard InChI is InChI=1S/C30H34FN3O6/c1-30(25-12-21(32)8-11-26(25)31)15-24(18-35)40-29(33-30)34(16-19-6-9-22(36-2)13-27(19)38-4)17-20-7-10-23(37-3)14-28(20)39-5/h6-15,35H,16-18,32H2,1-5H3/t30-/m0/s1. The smallest absolute Gasteiger partial charge is 0.294 e. The van der Waals surface area contributed by atoms with Gasteiger partial charge in [0.15, 0.2) is 0 Å². The average Bonchev–Trinajstić information content (AvgIpc) is 2.97. The molecular weight excluding hydrogens is 517 g/mol. The van der Waals surface area contributed by atoms with Gasteiger partial charge < -0.3 is 39.4 Å². The molecule has 1 atom stereocenters. The second-order valence-corrected chi connectivity index (χ2v) is 9.36. The Kier molecular flexibility index (Phi) is 8.69. The predicted octanol–water partition coefficient (Wildman–Crippen LogP) is 4.62. The number of aliphatic imine (C=N–C) groups is 1. The van der Waals surface area contributed by atoms with E-state index in [1.807, 2.05) is 29.2 Å². The van der Waals surface area contributed by atoms with E-state index in [9.17, 15) is 5.11 Å². The minimum absolute atomic E-state index is 0.173. The van der Waals surface area contributed by atoms with Crippen LogP contribution >= 0.6 is 0 Å². The lowest BCUT2D eigenvalue weighted by Crippen LogP contribution is -2.38. The molecule has 0 saturated carbocycles. The number of methoxy groups -OCH3 is 4.